The fourth-order valence-electron chi connectivity index (χ4n) is 3.25. The lowest BCUT2D eigenvalue weighted by molar-refractivity contribution is -0.141. The molecule has 15 heteroatoms. The Hall–Kier alpha value is -2.67. The van der Waals surface area contributed by atoms with Crippen molar-refractivity contribution in [3.05, 3.63) is 62.9 Å². The SMILES string of the molecule is CC(C)S(=NC(=O)c1cc(Cl)cc(Cl)c1NC(=O)Oc1cc(C(F)(F)F)nn1-c1ncccc1Cl)C(C)C. The average molecular weight is 611 g/mol. The topological polar surface area (TPSA) is 98.5 Å². The van der Waals surface area contributed by atoms with Gasteiger partial charge >= 0.3 is 12.3 Å². The number of hydrogen-bond donors (Lipinski definition) is 1. The van der Waals surface area contributed by atoms with Gasteiger partial charge < -0.3 is 4.74 Å². The molecule has 2 heterocycles. The van der Waals surface area contributed by atoms with Crippen LogP contribution in [0.1, 0.15) is 43.7 Å². The van der Waals surface area contributed by atoms with E-state index in [0.29, 0.717) is 10.7 Å². The number of alkyl halides is 3. The maximum Gasteiger partial charge on any atom is 0.435 e. The monoisotopic (exact) mass is 609 g/mol. The van der Waals surface area contributed by atoms with Crippen LogP contribution in [0.15, 0.2) is 40.9 Å². The predicted octanol–water partition coefficient (Wildman–Crippen LogP) is 7.62. The maximum atomic E-state index is 13.4. The number of hydrogen-bond acceptors (Lipinski definition) is 5. The van der Waals surface area contributed by atoms with Crippen LogP contribution >= 0.6 is 34.8 Å². The van der Waals surface area contributed by atoms with Crippen molar-refractivity contribution in [2.45, 2.75) is 44.4 Å². The standard InChI is InChI=1S/C23H21Cl3F3N5O3S/c1-11(2)38(12(3)4)33-21(35)14-8-13(24)9-16(26)19(14)31-22(36)37-18-10-17(23(27,28)29)32-34(18)20-15(25)6-5-7-30-20/h5-12H,1-4H3,(H,31,36). The molecular weight excluding hydrogens is 590 g/mol. The van der Waals surface area contributed by atoms with E-state index < -0.39 is 40.4 Å². The van der Waals surface area contributed by atoms with Crippen LogP contribution < -0.4 is 10.1 Å². The molecule has 1 aromatic carbocycles. The number of ether oxygens (including phenoxy) is 1. The minimum Gasteiger partial charge on any atom is -0.391 e. The molecule has 38 heavy (non-hydrogen) atoms. The highest BCUT2D eigenvalue weighted by molar-refractivity contribution is 7.88. The second-order valence-electron chi connectivity index (χ2n) is 8.25. The van der Waals surface area contributed by atoms with Crippen molar-refractivity contribution in [2.24, 2.45) is 4.36 Å². The molecule has 1 N–H and O–H groups in total. The van der Waals surface area contributed by atoms with Gasteiger partial charge in [0, 0.05) is 27.8 Å². The zero-order valence-electron chi connectivity index (χ0n) is 20.3. The summed E-state index contributed by atoms with van der Waals surface area (Å²) in [6.45, 7) is 7.70. The van der Waals surface area contributed by atoms with E-state index in [9.17, 15) is 22.8 Å². The average Bonchev–Trinajstić information content (AvgIpc) is 3.22. The summed E-state index contributed by atoms with van der Waals surface area (Å²) in [5, 5.41) is 5.83. The molecule has 0 atom stereocenters. The van der Waals surface area contributed by atoms with Gasteiger partial charge in [0.05, 0.1) is 21.3 Å². The summed E-state index contributed by atoms with van der Waals surface area (Å²) in [5.74, 6) is -1.53. The number of aromatic nitrogens is 3. The number of anilines is 1. The van der Waals surface area contributed by atoms with Gasteiger partial charge in [-0.15, -0.1) is 0 Å². The lowest BCUT2D eigenvalue weighted by Crippen LogP contribution is -2.21. The molecule has 3 rings (SSSR count). The molecule has 0 spiro atoms. The van der Waals surface area contributed by atoms with Gasteiger partial charge in [-0.25, -0.2) is 9.78 Å². The van der Waals surface area contributed by atoms with Crippen LogP contribution in [0, 0.1) is 0 Å². The van der Waals surface area contributed by atoms with E-state index in [0.717, 1.165) is 0 Å². The molecule has 2 aromatic heterocycles. The summed E-state index contributed by atoms with van der Waals surface area (Å²) >= 11 is 18.4. The Morgan fingerprint density at radius 2 is 1.74 bits per heavy atom. The number of halogens is 6. The van der Waals surface area contributed by atoms with Crippen molar-refractivity contribution in [2.75, 3.05) is 5.32 Å². The maximum absolute atomic E-state index is 13.4. The van der Waals surface area contributed by atoms with Gasteiger partial charge in [0.25, 0.3) is 5.91 Å². The number of amides is 2. The molecule has 0 radical (unpaired) electrons. The lowest BCUT2D eigenvalue weighted by Gasteiger charge is -2.16. The zero-order chi connectivity index (χ0) is 28.4. The quantitative estimate of drug-likeness (QED) is 0.310. The van der Waals surface area contributed by atoms with E-state index in [2.05, 4.69) is 19.8 Å². The smallest absolute Gasteiger partial charge is 0.391 e. The number of rotatable bonds is 6. The van der Waals surface area contributed by atoms with Crippen molar-refractivity contribution in [1.29, 1.82) is 0 Å². The molecular formula is C23H21Cl3F3N5O3S. The van der Waals surface area contributed by atoms with E-state index >= 15 is 0 Å². The molecule has 0 bridgehead atoms. The van der Waals surface area contributed by atoms with Crippen molar-refractivity contribution in [3.63, 3.8) is 0 Å². The van der Waals surface area contributed by atoms with Crippen LogP contribution in [0.25, 0.3) is 5.82 Å². The summed E-state index contributed by atoms with van der Waals surface area (Å²) in [4.78, 5) is 29.8. The molecule has 0 aliphatic carbocycles. The highest BCUT2D eigenvalue weighted by atomic mass is 35.5. The van der Waals surface area contributed by atoms with E-state index in [1.807, 2.05) is 27.7 Å². The van der Waals surface area contributed by atoms with Crippen LogP contribution in [0.4, 0.5) is 23.7 Å². The minimum absolute atomic E-state index is 0.0458. The first kappa shape index (κ1) is 29.9. The Bertz CT molecular complexity index is 1400. The molecule has 3 aromatic rings. The summed E-state index contributed by atoms with van der Waals surface area (Å²) in [6.07, 6.45) is -4.85. The number of pyridine rings is 1. The minimum atomic E-state index is -4.86. The Labute approximate surface area is 233 Å². The molecule has 0 saturated heterocycles. The van der Waals surface area contributed by atoms with Crippen molar-refractivity contribution < 1.29 is 27.5 Å². The van der Waals surface area contributed by atoms with Crippen molar-refractivity contribution >= 4 is 63.2 Å². The normalized spacial score (nSPS) is 11.8. The molecule has 0 unspecified atom stereocenters. The fraction of sp³-hybridized carbons (Fsp3) is 0.304. The molecule has 0 saturated carbocycles. The third-order valence-electron chi connectivity index (χ3n) is 4.77. The number of carbonyl (C=O) groups is 2. The lowest BCUT2D eigenvalue weighted by atomic mass is 10.1. The van der Waals surface area contributed by atoms with Gasteiger partial charge in [0.1, 0.15) is 0 Å². The largest absolute Gasteiger partial charge is 0.435 e. The van der Waals surface area contributed by atoms with Crippen LogP contribution in [0.3, 0.4) is 0 Å². The molecule has 8 nitrogen and oxygen atoms in total. The fourth-order valence-corrected chi connectivity index (χ4v) is 5.79. The van der Waals surface area contributed by atoms with Crippen LogP contribution in [-0.2, 0) is 16.9 Å². The second kappa shape index (κ2) is 12.0. The van der Waals surface area contributed by atoms with E-state index in [1.165, 1.54) is 30.5 Å². The molecule has 0 aliphatic heterocycles. The Morgan fingerprint density at radius 1 is 1.08 bits per heavy atom. The van der Waals surface area contributed by atoms with Gasteiger partial charge in [0.2, 0.25) is 5.88 Å². The van der Waals surface area contributed by atoms with Crippen LogP contribution in [0.5, 0.6) is 5.88 Å². The van der Waals surface area contributed by atoms with Crippen LogP contribution in [-0.4, -0.2) is 37.3 Å². The summed E-state index contributed by atoms with van der Waals surface area (Å²) in [6, 6.07) is 5.89. The first-order chi connectivity index (χ1) is 17.7. The van der Waals surface area contributed by atoms with E-state index in [-0.39, 0.29) is 42.6 Å². The Morgan fingerprint density at radius 3 is 2.32 bits per heavy atom. The summed E-state index contributed by atoms with van der Waals surface area (Å²) in [5.41, 5.74) is -1.64. The first-order valence-electron chi connectivity index (χ1n) is 10.9. The Kier molecular flexibility index (Phi) is 9.45. The molecule has 204 valence electrons. The predicted molar refractivity (Wildman–Crippen MR) is 142 cm³/mol. The Balaban J connectivity index is 2.00. The molecule has 0 fully saturated rings. The highest BCUT2D eigenvalue weighted by Gasteiger charge is 2.36. The van der Waals surface area contributed by atoms with E-state index in [4.69, 9.17) is 39.5 Å². The zero-order valence-corrected chi connectivity index (χ0v) is 23.4. The number of nitrogens with zero attached hydrogens (tertiary/aromatic N) is 4. The second-order valence-corrected chi connectivity index (χ2v) is 12.3. The first-order valence-corrected chi connectivity index (χ1v) is 13.4. The summed E-state index contributed by atoms with van der Waals surface area (Å²) in [7, 11) is -0.649. The van der Waals surface area contributed by atoms with Gasteiger partial charge in [-0.05, 0) is 24.3 Å². The molecule has 0 aliphatic rings. The van der Waals surface area contributed by atoms with Crippen molar-refractivity contribution in [3.8, 4) is 11.7 Å². The van der Waals surface area contributed by atoms with Gasteiger partial charge in [-0.3, -0.25) is 10.1 Å². The van der Waals surface area contributed by atoms with Gasteiger partial charge in [0.15, 0.2) is 11.5 Å². The van der Waals surface area contributed by atoms with Crippen molar-refractivity contribution in [1.82, 2.24) is 14.8 Å². The third-order valence-corrected chi connectivity index (χ3v) is 7.89. The van der Waals surface area contributed by atoms with Gasteiger partial charge in [-0.1, -0.05) is 73.2 Å². The highest BCUT2D eigenvalue weighted by Crippen LogP contribution is 2.34. The van der Waals surface area contributed by atoms with Gasteiger partial charge in [-0.2, -0.15) is 27.3 Å². The summed E-state index contributed by atoms with van der Waals surface area (Å²) < 4.78 is 50.2. The number of nitrogens with one attached hydrogen (secondary N) is 1. The number of carbonyl (C=O) groups excluding carboxylic acids is 2. The molecule has 2 amide bonds. The van der Waals surface area contributed by atoms with Crippen LogP contribution in [0.2, 0.25) is 15.1 Å². The van der Waals surface area contributed by atoms with E-state index in [1.54, 1.807) is 0 Å². The third kappa shape index (κ3) is 7.04. The number of benzene rings is 1.